The highest BCUT2D eigenvalue weighted by molar-refractivity contribution is 5.73. The fourth-order valence-electron chi connectivity index (χ4n) is 2.28. The molecule has 0 spiro atoms. The van der Waals surface area contributed by atoms with Crippen LogP contribution in [0.5, 0.6) is 0 Å². The molecule has 0 aromatic heterocycles. The molecule has 0 bridgehead atoms. The van der Waals surface area contributed by atoms with Gasteiger partial charge in [0.15, 0.2) is 0 Å². The van der Waals surface area contributed by atoms with Gasteiger partial charge in [-0.3, -0.25) is 4.79 Å². The van der Waals surface area contributed by atoms with Gasteiger partial charge >= 0.3 is 0 Å². The van der Waals surface area contributed by atoms with Crippen molar-refractivity contribution in [3.63, 3.8) is 0 Å². The van der Waals surface area contributed by atoms with Crippen molar-refractivity contribution >= 4 is 5.91 Å². The van der Waals surface area contributed by atoms with Crippen molar-refractivity contribution in [3.05, 3.63) is 35.4 Å². The maximum absolute atomic E-state index is 10.9. The van der Waals surface area contributed by atoms with E-state index in [1.165, 1.54) is 11.1 Å². The van der Waals surface area contributed by atoms with Crippen molar-refractivity contribution in [3.8, 4) is 0 Å². The minimum atomic E-state index is 0.0512. The van der Waals surface area contributed by atoms with Crippen LogP contribution in [-0.2, 0) is 11.2 Å². The van der Waals surface area contributed by atoms with Crippen molar-refractivity contribution in [2.24, 2.45) is 0 Å². The quantitative estimate of drug-likeness (QED) is 0.832. The molecule has 0 aliphatic carbocycles. The molecule has 1 amide bonds. The minimum absolute atomic E-state index is 0.0512. The van der Waals surface area contributed by atoms with Crippen molar-refractivity contribution in [2.75, 3.05) is 13.1 Å². The van der Waals surface area contributed by atoms with E-state index in [9.17, 15) is 4.79 Å². The number of carbonyl (C=O) groups is 1. The van der Waals surface area contributed by atoms with Gasteiger partial charge in [0.2, 0.25) is 5.91 Å². The van der Waals surface area contributed by atoms with Crippen LogP contribution in [0.4, 0.5) is 0 Å². The minimum Gasteiger partial charge on any atom is -0.354 e. The van der Waals surface area contributed by atoms with Crippen LogP contribution in [0.3, 0.4) is 0 Å². The van der Waals surface area contributed by atoms with Gasteiger partial charge in [-0.1, -0.05) is 24.3 Å². The first-order valence-electron chi connectivity index (χ1n) is 6.72. The summed E-state index contributed by atoms with van der Waals surface area (Å²) in [6.45, 7) is 5.84. The fourth-order valence-corrected chi connectivity index (χ4v) is 2.28. The fraction of sp³-hybridized carbons (Fsp3) is 0.533. The summed E-state index contributed by atoms with van der Waals surface area (Å²) >= 11 is 0. The lowest BCUT2D eigenvalue weighted by Crippen LogP contribution is -2.39. The zero-order valence-corrected chi connectivity index (χ0v) is 11.2. The molecule has 1 aromatic carbocycles. The Morgan fingerprint density at radius 3 is 2.56 bits per heavy atom. The molecular formula is C15H22N2O. The van der Waals surface area contributed by atoms with Gasteiger partial charge in [-0.25, -0.2) is 0 Å². The Kier molecular flexibility index (Phi) is 4.37. The van der Waals surface area contributed by atoms with E-state index in [-0.39, 0.29) is 11.9 Å². The molecule has 3 nitrogen and oxygen atoms in total. The van der Waals surface area contributed by atoms with E-state index in [4.69, 9.17) is 0 Å². The Bertz CT molecular complexity index is 395. The number of aryl methyl sites for hydroxylation is 1. The van der Waals surface area contributed by atoms with Crippen molar-refractivity contribution in [1.82, 2.24) is 10.6 Å². The van der Waals surface area contributed by atoms with Crippen LogP contribution in [0, 0.1) is 0 Å². The largest absolute Gasteiger partial charge is 0.354 e. The van der Waals surface area contributed by atoms with Crippen LogP contribution < -0.4 is 10.6 Å². The zero-order chi connectivity index (χ0) is 13.0. The highest BCUT2D eigenvalue weighted by Crippen LogP contribution is 2.20. The molecular weight excluding hydrogens is 224 g/mol. The highest BCUT2D eigenvalue weighted by Gasteiger charge is 2.18. The number of benzene rings is 1. The first-order chi connectivity index (χ1) is 8.65. The lowest BCUT2D eigenvalue weighted by atomic mass is 9.92. The van der Waals surface area contributed by atoms with Crippen molar-refractivity contribution < 1.29 is 4.79 Å². The van der Waals surface area contributed by atoms with E-state index < -0.39 is 0 Å². The molecule has 1 aliphatic rings. The standard InChI is InChI=1S/C15H22N2O/c1-11(17-12(2)18)3-4-13-5-7-14(8-6-13)15-9-16-10-15/h5-8,11,15-16H,3-4,9-10H2,1-2H3,(H,17,18). The Morgan fingerprint density at radius 2 is 2.06 bits per heavy atom. The molecule has 2 N–H and O–H groups in total. The molecule has 1 unspecified atom stereocenters. The van der Waals surface area contributed by atoms with Crippen LogP contribution in [0.2, 0.25) is 0 Å². The maximum atomic E-state index is 10.9. The van der Waals surface area contributed by atoms with Crippen LogP contribution in [0.15, 0.2) is 24.3 Å². The van der Waals surface area contributed by atoms with Gasteiger partial charge in [0.05, 0.1) is 0 Å². The number of hydrogen-bond donors (Lipinski definition) is 2. The average Bonchev–Trinajstić information content (AvgIpc) is 2.25. The van der Waals surface area contributed by atoms with Gasteiger partial charge in [0, 0.05) is 32.0 Å². The second-order valence-corrected chi connectivity index (χ2v) is 5.24. The number of rotatable bonds is 5. The topological polar surface area (TPSA) is 41.1 Å². The molecule has 1 saturated heterocycles. The summed E-state index contributed by atoms with van der Waals surface area (Å²) in [7, 11) is 0. The second kappa shape index (κ2) is 6.01. The summed E-state index contributed by atoms with van der Waals surface area (Å²) in [5.74, 6) is 0.757. The van der Waals surface area contributed by atoms with Crippen LogP contribution in [0.1, 0.15) is 37.3 Å². The lowest BCUT2D eigenvalue weighted by Gasteiger charge is -2.27. The third kappa shape index (κ3) is 3.57. The Morgan fingerprint density at radius 1 is 1.39 bits per heavy atom. The van der Waals surface area contributed by atoms with E-state index in [1.54, 1.807) is 6.92 Å². The molecule has 18 heavy (non-hydrogen) atoms. The van der Waals surface area contributed by atoms with Gasteiger partial charge in [-0.05, 0) is 30.9 Å². The predicted molar refractivity (Wildman–Crippen MR) is 73.7 cm³/mol. The van der Waals surface area contributed by atoms with Crippen molar-refractivity contribution in [1.29, 1.82) is 0 Å². The van der Waals surface area contributed by atoms with Gasteiger partial charge in [-0.15, -0.1) is 0 Å². The number of amides is 1. The van der Waals surface area contributed by atoms with Gasteiger partial charge in [0.25, 0.3) is 0 Å². The molecule has 1 heterocycles. The lowest BCUT2D eigenvalue weighted by molar-refractivity contribution is -0.119. The molecule has 1 fully saturated rings. The van der Waals surface area contributed by atoms with Gasteiger partial charge in [0.1, 0.15) is 0 Å². The van der Waals surface area contributed by atoms with Crippen LogP contribution in [0.25, 0.3) is 0 Å². The summed E-state index contributed by atoms with van der Waals surface area (Å²) in [5, 5.41) is 6.21. The third-order valence-corrected chi connectivity index (χ3v) is 3.55. The smallest absolute Gasteiger partial charge is 0.217 e. The predicted octanol–water partition coefficient (Wildman–Crippen LogP) is 1.83. The average molecular weight is 246 g/mol. The summed E-state index contributed by atoms with van der Waals surface area (Å²) in [6, 6.07) is 9.16. The number of carbonyl (C=O) groups excluding carboxylic acids is 1. The van der Waals surface area contributed by atoms with Gasteiger partial charge in [-0.2, -0.15) is 0 Å². The van der Waals surface area contributed by atoms with E-state index in [1.807, 2.05) is 0 Å². The maximum Gasteiger partial charge on any atom is 0.217 e. The van der Waals surface area contributed by atoms with Crippen molar-refractivity contribution in [2.45, 2.75) is 38.6 Å². The van der Waals surface area contributed by atoms with E-state index in [0.29, 0.717) is 5.92 Å². The molecule has 1 aliphatic heterocycles. The Hall–Kier alpha value is -1.35. The second-order valence-electron chi connectivity index (χ2n) is 5.24. The Balaban J connectivity index is 1.80. The monoisotopic (exact) mass is 246 g/mol. The zero-order valence-electron chi connectivity index (χ0n) is 11.2. The third-order valence-electron chi connectivity index (χ3n) is 3.55. The van der Waals surface area contributed by atoms with Crippen LogP contribution in [-0.4, -0.2) is 25.0 Å². The SMILES string of the molecule is CC(=O)NC(C)CCc1ccc(C2CNC2)cc1. The molecule has 0 radical (unpaired) electrons. The summed E-state index contributed by atoms with van der Waals surface area (Å²) in [6.07, 6.45) is 2.01. The molecule has 0 saturated carbocycles. The number of hydrogen-bond acceptors (Lipinski definition) is 2. The van der Waals surface area contributed by atoms with Crippen LogP contribution >= 0.6 is 0 Å². The van der Waals surface area contributed by atoms with Gasteiger partial charge < -0.3 is 10.6 Å². The molecule has 1 aromatic rings. The Labute approximate surface area is 109 Å². The number of nitrogens with one attached hydrogen (secondary N) is 2. The van der Waals surface area contributed by atoms with E-state index in [2.05, 4.69) is 41.8 Å². The first-order valence-corrected chi connectivity index (χ1v) is 6.72. The molecule has 98 valence electrons. The van der Waals surface area contributed by atoms with E-state index >= 15 is 0 Å². The van der Waals surface area contributed by atoms with E-state index in [0.717, 1.165) is 25.9 Å². The summed E-state index contributed by atoms with van der Waals surface area (Å²) in [4.78, 5) is 10.9. The molecule has 1 atom stereocenters. The summed E-state index contributed by atoms with van der Waals surface area (Å²) in [5.41, 5.74) is 2.79. The molecule has 2 rings (SSSR count). The first kappa shape index (κ1) is 13.1. The summed E-state index contributed by atoms with van der Waals surface area (Å²) < 4.78 is 0. The molecule has 3 heteroatoms. The normalized spacial score (nSPS) is 17.0. The highest BCUT2D eigenvalue weighted by atomic mass is 16.1.